The Morgan fingerprint density at radius 1 is 1.00 bits per heavy atom. The van der Waals surface area contributed by atoms with Crippen molar-refractivity contribution in [2.45, 2.75) is 37.5 Å². The maximum atomic E-state index is 13.9. The predicted octanol–water partition coefficient (Wildman–Crippen LogP) is 6.98. The molecule has 1 fully saturated rings. The van der Waals surface area contributed by atoms with Gasteiger partial charge < -0.3 is 14.4 Å². The third-order valence-corrected chi connectivity index (χ3v) is 7.54. The van der Waals surface area contributed by atoms with E-state index in [-0.39, 0.29) is 17.3 Å². The van der Waals surface area contributed by atoms with Gasteiger partial charge in [-0.1, -0.05) is 24.3 Å². The van der Waals surface area contributed by atoms with Gasteiger partial charge in [0.05, 0.1) is 17.2 Å². The maximum absolute atomic E-state index is 13.9. The summed E-state index contributed by atoms with van der Waals surface area (Å²) in [6.45, 7) is 1.94. The first-order valence-corrected chi connectivity index (χ1v) is 12.4. The van der Waals surface area contributed by atoms with Crippen molar-refractivity contribution in [3.63, 3.8) is 0 Å². The fourth-order valence-corrected chi connectivity index (χ4v) is 5.40. The van der Waals surface area contributed by atoms with E-state index in [1.54, 1.807) is 30.5 Å². The average molecular weight is 524 g/mol. The molecule has 9 heteroatoms. The first kappa shape index (κ1) is 24.6. The van der Waals surface area contributed by atoms with Crippen molar-refractivity contribution in [1.29, 1.82) is 0 Å². The molecule has 0 radical (unpaired) electrons. The van der Waals surface area contributed by atoms with Crippen LogP contribution in [0.1, 0.15) is 36.9 Å². The number of H-pyrrole nitrogens is 1. The molecule has 0 spiro atoms. The number of hydrogen-bond acceptors (Lipinski definition) is 3. The number of nitrogens with zero attached hydrogens (tertiary/aromatic N) is 2. The van der Waals surface area contributed by atoms with Crippen molar-refractivity contribution < 1.29 is 27.4 Å². The highest BCUT2D eigenvalue weighted by Crippen LogP contribution is 2.45. The van der Waals surface area contributed by atoms with Crippen LogP contribution in [0.2, 0.25) is 0 Å². The number of aromatic nitrogens is 3. The van der Waals surface area contributed by atoms with Crippen LogP contribution in [-0.2, 0) is 10.3 Å². The summed E-state index contributed by atoms with van der Waals surface area (Å²) in [6.07, 6.45) is -1.54. The lowest BCUT2D eigenvalue weighted by molar-refractivity contribution is -0.258. The second-order valence-electron chi connectivity index (χ2n) is 9.93. The number of hydrogen-bond donors (Lipinski definition) is 2. The molecule has 196 valence electrons. The molecule has 1 aliphatic rings. The van der Waals surface area contributed by atoms with E-state index in [9.17, 15) is 22.7 Å². The molecule has 3 aromatic carbocycles. The van der Waals surface area contributed by atoms with Crippen molar-refractivity contribution in [1.82, 2.24) is 14.8 Å². The summed E-state index contributed by atoms with van der Waals surface area (Å²) >= 11 is 0. The van der Waals surface area contributed by atoms with Crippen LogP contribution >= 0.6 is 0 Å². The largest absolute Gasteiger partial charge is 0.421 e. The van der Waals surface area contributed by atoms with E-state index in [4.69, 9.17) is 4.74 Å². The van der Waals surface area contributed by atoms with E-state index in [1.165, 1.54) is 24.3 Å². The Balaban J connectivity index is 1.65. The van der Waals surface area contributed by atoms with Gasteiger partial charge in [-0.25, -0.2) is 4.39 Å². The van der Waals surface area contributed by atoms with Crippen molar-refractivity contribution in [3.05, 3.63) is 83.9 Å². The Hall–Kier alpha value is -3.69. The van der Waals surface area contributed by atoms with Gasteiger partial charge in [0.2, 0.25) is 0 Å². The molecule has 1 atom stereocenters. The number of ether oxygens (including phenoxy) is 1. The highest BCUT2D eigenvalue weighted by Gasteiger charge is 2.51. The van der Waals surface area contributed by atoms with Crippen LogP contribution in [0.5, 0.6) is 0 Å². The van der Waals surface area contributed by atoms with E-state index in [0.717, 1.165) is 64.1 Å². The Labute approximate surface area is 215 Å². The van der Waals surface area contributed by atoms with E-state index >= 15 is 0 Å². The number of benzene rings is 3. The third kappa shape index (κ3) is 3.97. The lowest BCUT2D eigenvalue weighted by Gasteiger charge is -2.27. The molecule has 0 saturated carbocycles. The van der Waals surface area contributed by atoms with E-state index < -0.39 is 11.8 Å². The highest BCUT2D eigenvalue weighted by molar-refractivity contribution is 6.05. The minimum atomic E-state index is -4.81. The summed E-state index contributed by atoms with van der Waals surface area (Å²) in [7, 11) is 0. The van der Waals surface area contributed by atoms with Gasteiger partial charge in [0, 0.05) is 46.8 Å². The molecule has 0 amide bonds. The zero-order valence-electron chi connectivity index (χ0n) is 20.5. The SMILES string of the molecule is C[C@@](O)(c1ccc(-c2c(C3CCOCC3)n(-c3ccc(F)cc3)c3cc4cn[nH]c4cc23)cc1)C(F)(F)F. The van der Waals surface area contributed by atoms with Gasteiger partial charge in [-0.05, 0) is 67.3 Å². The number of aliphatic hydroxyl groups is 1. The quantitative estimate of drug-likeness (QED) is 0.250. The minimum absolute atomic E-state index is 0.102. The smallest absolute Gasteiger partial charge is 0.381 e. The second kappa shape index (κ2) is 8.96. The molecule has 1 saturated heterocycles. The topological polar surface area (TPSA) is 63.1 Å². The molecule has 3 heterocycles. The van der Waals surface area contributed by atoms with Crippen LogP contribution < -0.4 is 0 Å². The molecule has 0 unspecified atom stereocenters. The number of rotatable bonds is 4. The van der Waals surface area contributed by atoms with Gasteiger partial charge in [0.25, 0.3) is 0 Å². The first-order valence-electron chi connectivity index (χ1n) is 12.4. The molecule has 0 bridgehead atoms. The van der Waals surface area contributed by atoms with Crippen LogP contribution in [0, 0.1) is 5.82 Å². The number of fused-ring (bicyclic) bond motifs is 2. The molecular weight excluding hydrogens is 498 g/mol. The maximum Gasteiger partial charge on any atom is 0.421 e. The van der Waals surface area contributed by atoms with Crippen molar-refractivity contribution in [2.75, 3.05) is 13.2 Å². The van der Waals surface area contributed by atoms with Crippen LogP contribution in [0.25, 0.3) is 38.6 Å². The van der Waals surface area contributed by atoms with Gasteiger partial charge >= 0.3 is 6.18 Å². The third-order valence-electron chi connectivity index (χ3n) is 7.54. The highest BCUT2D eigenvalue weighted by atomic mass is 19.4. The molecule has 2 N–H and O–H groups in total. The fourth-order valence-electron chi connectivity index (χ4n) is 5.40. The zero-order valence-corrected chi connectivity index (χ0v) is 20.5. The Morgan fingerprint density at radius 2 is 1.68 bits per heavy atom. The monoisotopic (exact) mass is 523 g/mol. The number of aromatic amines is 1. The summed E-state index contributed by atoms with van der Waals surface area (Å²) in [5.74, 6) is -0.242. The number of nitrogens with one attached hydrogen (secondary N) is 1. The van der Waals surface area contributed by atoms with Gasteiger partial charge in [0.1, 0.15) is 5.82 Å². The molecule has 38 heavy (non-hydrogen) atoms. The summed E-state index contributed by atoms with van der Waals surface area (Å²) < 4.78 is 62.1. The average Bonchev–Trinajstić information content (AvgIpc) is 3.49. The normalized spacial score (nSPS) is 16.8. The number of halogens is 4. The van der Waals surface area contributed by atoms with Gasteiger partial charge in [-0.3, -0.25) is 5.10 Å². The van der Waals surface area contributed by atoms with Gasteiger partial charge in [-0.15, -0.1) is 0 Å². The number of alkyl halides is 3. The second-order valence-corrected chi connectivity index (χ2v) is 9.93. The van der Waals surface area contributed by atoms with Crippen LogP contribution in [-0.4, -0.2) is 39.3 Å². The van der Waals surface area contributed by atoms with E-state index in [1.807, 2.05) is 12.1 Å². The molecule has 0 aliphatic carbocycles. The van der Waals surface area contributed by atoms with E-state index in [2.05, 4.69) is 14.8 Å². The van der Waals surface area contributed by atoms with Crippen molar-refractivity contribution >= 4 is 21.8 Å². The van der Waals surface area contributed by atoms with Crippen LogP contribution in [0.15, 0.2) is 66.9 Å². The Morgan fingerprint density at radius 3 is 2.34 bits per heavy atom. The molecule has 5 nitrogen and oxygen atoms in total. The van der Waals surface area contributed by atoms with Crippen LogP contribution in [0.3, 0.4) is 0 Å². The summed E-state index contributed by atoms with van der Waals surface area (Å²) in [6, 6.07) is 16.2. The molecular formula is C29H25F4N3O2. The molecule has 1 aliphatic heterocycles. The molecule has 5 aromatic rings. The summed E-state index contributed by atoms with van der Waals surface area (Å²) in [5, 5.41) is 19.2. The zero-order chi connectivity index (χ0) is 26.7. The lowest BCUT2D eigenvalue weighted by Crippen LogP contribution is -2.39. The Kier molecular flexibility index (Phi) is 5.81. The first-order chi connectivity index (χ1) is 18.1. The lowest BCUT2D eigenvalue weighted by atomic mass is 9.88. The van der Waals surface area contributed by atoms with Crippen LogP contribution in [0.4, 0.5) is 17.6 Å². The Bertz CT molecular complexity index is 1610. The van der Waals surface area contributed by atoms with Gasteiger partial charge in [-0.2, -0.15) is 18.3 Å². The van der Waals surface area contributed by atoms with E-state index in [0.29, 0.717) is 13.2 Å². The molecule has 6 rings (SSSR count). The minimum Gasteiger partial charge on any atom is -0.381 e. The van der Waals surface area contributed by atoms with Crippen molar-refractivity contribution in [3.8, 4) is 16.8 Å². The standard InChI is InChI=1S/C29H25F4N3O2/c1-28(37,29(31,32)33)20-4-2-17(3-5-20)26-23-15-24-19(16-34-35-24)14-25(23)36(22-8-6-21(30)7-9-22)27(26)18-10-12-38-13-11-18/h2-9,14-16,18,37H,10-13H2,1H3,(H,34,35)/t28-/m1/s1. The van der Waals surface area contributed by atoms with Crippen molar-refractivity contribution in [2.24, 2.45) is 0 Å². The summed E-state index contributed by atoms with van der Waals surface area (Å²) in [5.41, 5.74) is 1.87. The fraction of sp³-hybridized carbons (Fsp3) is 0.276. The predicted molar refractivity (Wildman–Crippen MR) is 137 cm³/mol. The van der Waals surface area contributed by atoms with Gasteiger partial charge in [0.15, 0.2) is 5.60 Å². The molecule has 2 aromatic heterocycles. The summed E-state index contributed by atoms with van der Waals surface area (Å²) in [4.78, 5) is 0.